The first-order valence-corrected chi connectivity index (χ1v) is 10.5. The summed E-state index contributed by atoms with van der Waals surface area (Å²) in [7, 11) is 0. The number of rotatable bonds is 8. The third kappa shape index (κ3) is 4.63. The van der Waals surface area contributed by atoms with Gasteiger partial charge in [-0.15, -0.1) is 0 Å². The second-order valence-corrected chi connectivity index (χ2v) is 7.50. The second kappa shape index (κ2) is 9.51. The number of hydrogen-bond acceptors (Lipinski definition) is 3. The SMILES string of the molecule is CCC[C@H](C(=O)NCc1ccccn1)n1c(Cc2ccccc2F)nc2ccccc21. The van der Waals surface area contributed by atoms with Crippen molar-refractivity contribution in [3.8, 4) is 0 Å². The number of carbonyl (C=O) groups is 1. The molecule has 1 atom stereocenters. The molecule has 0 fully saturated rings. The number of benzene rings is 2. The molecule has 0 aliphatic carbocycles. The molecule has 0 saturated carbocycles. The van der Waals surface area contributed by atoms with Crippen molar-refractivity contribution in [3.05, 3.63) is 95.8 Å². The van der Waals surface area contributed by atoms with Gasteiger partial charge >= 0.3 is 0 Å². The number of hydrogen-bond donors (Lipinski definition) is 1. The minimum atomic E-state index is -0.442. The summed E-state index contributed by atoms with van der Waals surface area (Å²) in [5, 5.41) is 3.02. The smallest absolute Gasteiger partial charge is 0.243 e. The normalized spacial score (nSPS) is 12.1. The van der Waals surface area contributed by atoms with Gasteiger partial charge in [-0.05, 0) is 42.3 Å². The molecule has 1 amide bonds. The topological polar surface area (TPSA) is 59.8 Å². The van der Waals surface area contributed by atoms with Gasteiger partial charge in [0.2, 0.25) is 5.91 Å². The highest BCUT2D eigenvalue weighted by atomic mass is 19.1. The summed E-state index contributed by atoms with van der Waals surface area (Å²) >= 11 is 0. The first-order valence-electron chi connectivity index (χ1n) is 10.5. The number of fused-ring (bicyclic) bond motifs is 1. The van der Waals surface area contributed by atoms with Gasteiger partial charge in [-0.1, -0.05) is 49.7 Å². The Morgan fingerprint density at radius 1 is 1.06 bits per heavy atom. The predicted molar refractivity (Wildman–Crippen MR) is 119 cm³/mol. The molecule has 1 N–H and O–H groups in total. The van der Waals surface area contributed by atoms with Gasteiger partial charge in [0, 0.05) is 12.6 Å². The van der Waals surface area contributed by atoms with Crippen molar-refractivity contribution in [1.29, 1.82) is 0 Å². The molecule has 0 unspecified atom stereocenters. The molecule has 0 bridgehead atoms. The van der Waals surface area contributed by atoms with Crippen LogP contribution in [-0.2, 0) is 17.8 Å². The van der Waals surface area contributed by atoms with E-state index in [2.05, 4.69) is 17.2 Å². The standard InChI is InChI=1S/C25H25FN4O/c1-2-9-23(25(31)28-17-19-11-7-8-15-27-19)30-22-14-6-5-13-21(22)29-24(30)16-18-10-3-4-12-20(18)26/h3-8,10-15,23H,2,9,16-17H2,1H3,(H,28,31)/t23-/m1/s1. The molecular weight excluding hydrogens is 391 g/mol. The molecule has 2 aromatic carbocycles. The van der Waals surface area contributed by atoms with E-state index in [0.29, 0.717) is 30.8 Å². The molecule has 0 spiro atoms. The first-order chi connectivity index (χ1) is 15.2. The lowest BCUT2D eigenvalue weighted by atomic mass is 10.1. The van der Waals surface area contributed by atoms with Crippen molar-refractivity contribution in [2.24, 2.45) is 0 Å². The Balaban J connectivity index is 1.70. The molecule has 4 aromatic rings. The second-order valence-electron chi connectivity index (χ2n) is 7.50. The van der Waals surface area contributed by atoms with E-state index in [4.69, 9.17) is 4.98 Å². The third-order valence-corrected chi connectivity index (χ3v) is 5.32. The van der Waals surface area contributed by atoms with E-state index in [1.54, 1.807) is 18.3 Å². The molecule has 4 rings (SSSR count). The van der Waals surface area contributed by atoms with E-state index in [0.717, 1.165) is 23.1 Å². The van der Waals surface area contributed by atoms with E-state index >= 15 is 0 Å². The van der Waals surface area contributed by atoms with Crippen molar-refractivity contribution in [2.75, 3.05) is 0 Å². The number of halogens is 1. The highest BCUT2D eigenvalue weighted by Gasteiger charge is 2.25. The lowest BCUT2D eigenvalue weighted by Crippen LogP contribution is -2.33. The molecule has 0 radical (unpaired) electrons. The molecule has 0 aliphatic rings. The zero-order valence-electron chi connectivity index (χ0n) is 17.5. The molecule has 5 nitrogen and oxygen atoms in total. The monoisotopic (exact) mass is 416 g/mol. The Morgan fingerprint density at radius 3 is 2.61 bits per heavy atom. The van der Waals surface area contributed by atoms with Gasteiger partial charge in [0.25, 0.3) is 0 Å². The fourth-order valence-corrected chi connectivity index (χ4v) is 3.83. The van der Waals surface area contributed by atoms with Crippen molar-refractivity contribution in [3.63, 3.8) is 0 Å². The number of nitrogens with zero attached hydrogens (tertiary/aromatic N) is 3. The quantitative estimate of drug-likeness (QED) is 0.448. The largest absolute Gasteiger partial charge is 0.349 e. The lowest BCUT2D eigenvalue weighted by molar-refractivity contribution is -0.124. The number of nitrogens with one attached hydrogen (secondary N) is 1. The van der Waals surface area contributed by atoms with Crippen molar-refractivity contribution in [2.45, 2.75) is 38.8 Å². The minimum Gasteiger partial charge on any atom is -0.349 e. The van der Waals surface area contributed by atoms with Crippen LogP contribution in [0, 0.1) is 5.82 Å². The number of imidazole rings is 1. The minimum absolute atomic E-state index is 0.0922. The summed E-state index contributed by atoms with van der Waals surface area (Å²) in [5.41, 5.74) is 3.03. The lowest BCUT2D eigenvalue weighted by Gasteiger charge is -2.21. The third-order valence-electron chi connectivity index (χ3n) is 5.32. The molecule has 2 aromatic heterocycles. The maximum Gasteiger partial charge on any atom is 0.243 e. The molecule has 31 heavy (non-hydrogen) atoms. The average molecular weight is 417 g/mol. The first kappa shape index (κ1) is 20.7. The Hall–Kier alpha value is -3.54. The van der Waals surface area contributed by atoms with E-state index in [1.807, 2.05) is 53.1 Å². The highest BCUT2D eigenvalue weighted by Crippen LogP contribution is 2.27. The molecule has 6 heteroatoms. The van der Waals surface area contributed by atoms with Crippen LogP contribution < -0.4 is 5.32 Å². The van der Waals surface area contributed by atoms with Crippen molar-refractivity contribution < 1.29 is 9.18 Å². The summed E-state index contributed by atoms with van der Waals surface area (Å²) in [4.78, 5) is 22.3. The van der Waals surface area contributed by atoms with Crippen LogP contribution in [0.1, 0.15) is 42.9 Å². The number of pyridine rings is 1. The van der Waals surface area contributed by atoms with Gasteiger partial charge in [0.05, 0.1) is 23.3 Å². The molecule has 0 saturated heterocycles. The number of aromatic nitrogens is 3. The van der Waals surface area contributed by atoms with Gasteiger partial charge in [0.15, 0.2) is 0 Å². The zero-order valence-corrected chi connectivity index (χ0v) is 17.5. The Labute approximate surface area is 181 Å². The van der Waals surface area contributed by atoms with E-state index in [9.17, 15) is 9.18 Å². The van der Waals surface area contributed by atoms with Crippen LogP contribution >= 0.6 is 0 Å². The van der Waals surface area contributed by atoms with Crippen LogP contribution in [0.5, 0.6) is 0 Å². The highest BCUT2D eigenvalue weighted by molar-refractivity contribution is 5.84. The van der Waals surface area contributed by atoms with Crippen LogP contribution in [-0.4, -0.2) is 20.4 Å². The Kier molecular flexibility index (Phi) is 6.36. The van der Waals surface area contributed by atoms with Gasteiger partial charge in [-0.2, -0.15) is 0 Å². The average Bonchev–Trinajstić information content (AvgIpc) is 3.15. The number of para-hydroxylation sites is 2. The predicted octanol–water partition coefficient (Wildman–Crippen LogP) is 4.82. The van der Waals surface area contributed by atoms with Crippen LogP contribution in [0.15, 0.2) is 72.9 Å². The molecule has 2 heterocycles. The summed E-state index contributed by atoms with van der Waals surface area (Å²) in [6.07, 6.45) is 3.50. The zero-order chi connectivity index (χ0) is 21.6. The fourth-order valence-electron chi connectivity index (χ4n) is 3.83. The fraction of sp³-hybridized carbons (Fsp3) is 0.240. The summed E-state index contributed by atoms with van der Waals surface area (Å²) in [6.45, 7) is 2.41. The van der Waals surface area contributed by atoms with Crippen LogP contribution in [0.25, 0.3) is 11.0 Å². The summed E-state index contributed by atoms with van der Waals surface area (Å²) in [5.74, 6) is 0.316. The van der Waals surface area contributed by atoms with Gasteiger partial charge in [-0.25, -0.2) is 9.37 Å². The molecule has 0 aliphatic heterocycles. The van der Waals surface area contributed by atoms with Crippen molar-refractivity contribution >= 4 is 16.9 Å². The van der Waals surface area contributed by atoms with E-state index < -0.39 is 6.04 Å². The van der Waals surface area contributed by atoms with Crippen LogP contribution in [0.4, 0.5) is 4.39 Å². The Morgan fingerprint density at radius 2 is 1.84 bits per heavy atom. The molecule has 158 valence electrons. The van der Waals surface area contributed by atoms with Gasteiger partial charge < -0.3 is 9.88 Å². The van der Waals surface area contributed by atoms with Crippen LogP contribution in [0.3, 0.4) is 0 Å². The maximum absolute atomic E-state index is 14.4. The van der Waals surface area contributed by atoms with E-state index in [1.165, 1.54) is 6.07 Å². The van der Waals surface area contributed by atoms with Crippen molar-refractivity contribution in [1.82, 2.24) is 19.9 Å². The summed E-state index contributed by atoms with van der Waals surface area (Å²) in [6, 6.07) is 19.6. The summed E-state index contributed by atoms with van der Waals surface area (Å²) < 4.78 is 16.3. The Bertz CT molecular complexity index is 1170. The van der Waals surface area contributed by atoms with E-state index in [-0.39, 0.29) is 11.7 Å². The number of amides is 1. The van der Waals surface area contributed by atoms with Gasteiger partial charge in [-0.3, -0.25) is 9.78 Å². The number of carbonyl (C=O) groups excluding carboxylic acids is 1. The van der Waals surface area contributed by atoms with Crippen LogP contribution in [0.2, 0.25) is 0 Å². The maximum atomic E-state index is 14.4. The molecular formula is C25H25FN4O. The van der Waals surface area contributed by atoms with Gasteiger partial charge in [0.1, 0.15) is 17.7 Å².